The predicted octanol–water partition coefficient (Wildman–Crippen LogP) is 2.05. The molecule has 23 heavy (non-hydrogen) atoms. The third-order valence-corrected chi connectivity index (χ3v) is 3.00. The summed E-state index contributed by atoms with van der Waals surface area (Å²) in [5.41, 5.74) is 5.10. The number of ether oxygens (including phenoxy) is 1. The number of amides is 2. The molecule has 6 nitrogen and oxygen atoms in total. The number of hydrogen-bond acceptors (Lipinski definition) is 4. The summed E-state index contributed by atoms with van der Waals surface area (Å²) in [5, 5.41) is 9.33. The molecule has 2 rings (SSSR count). The van der Waals surface area contributed by atoms with Gasteiger partial charge in [-0.3, -0.25) is 20.4 Å². The number of benzene rings is 2. The van der Waals surface area contributed by atoms with Crippen molar-refractivity contribution in [1.82, 2.24) is 10.9 Å². The van der Waals surface area contributed by atoms with Crippen molar-refractivity contribution >= 4 is 23.4 Å². The van der Waals surface area contributed by atoms with Gasteiger partial charge in [-0.2, -0.15) is 5.26 Å². The summed E-state index contributed by atoms with van der Waals surface area (Å²) in [6, 6.07) is 14.8. The van der Waals surface area contributed by atoms with E-state index in [0.29, 0.717) is 21.9 Å². The van der Waals surface area contributed by atoms with E-state index >= 15 is 0 Å². The van der Waals surface area contributed by atoms with Crippen molar-refractivity contribution in [3.8, 4) is 11.8 Å². The maximum atomic E-state index is 11.8. The molecule has 0 saturated heterocycles. The smallest absolute Gasteiger partial charge is 0.276 e. The van der Waals surface area contributed by atoms with Gasteiger partial charge in [-0.25, -0.2) is 0 Å². The van der Waals surface area contributed by atoms with E-state index in [1.807, 2.05) is 6.07 Å². The SMILES string of the molecule is N#Cc1ccccc1OCC(=O)NNC(=O)c1cccc(Cl)c1. The summed E-state index contributed by atoms with van der Waals surface area (Å²) in [7, 11) is 0. The van der Waals surface area contributed by atoms with Crippen molar-refractivity contribution in [2.24, 2.45) is 0 Å². The molecule has 0 unspecified atom stereocenters. The van der Waals surface area contributed by atoms with Gasteiger partial charge >= 0.3 is 0 Å². The van der Waals surface area contributed by atoms with Gasteiger partial charge < -0.3 is 4.74 Å². The number of carbonyl (C=O) groups is 2. The Hall–Kier alpha value is -3.04. The number of para-hydroxylation sites is 1. The predicted molar refractivity (Wildman–Crippen MR) is 83.7 cm³/mol. The van der Waals surface area contributed by atoms with Crippen LogP contribution in [-0.2, 0) is 4.79 Å². The summed E-state index contributed by atoms with van der Waals surface area (Å²) in [6.07, 6.45) is 0. The van der Waals surface area contributed by atoms with E-state index in [1.165, 1.54) is 6.07 Å². The third kappa shape index (κ3) is 4.73. The van der Waals surface area contributed by atoms with E-state index in [4.69, 9.17) is 21.6 Å². The summed E-state index contributed by atoms with van der Waals surface area (Å²) >= 11 is 5.78. The number of rotatable bonds is 4. The van der Waals surface area contributed by atoms with Gasteiger partial charge in [-0.15, -0.1) is 0 Å². The van der Waals surface area contributed by atoms with Crippen LogP contribution in [0.25, 0.3) is 0 Å². The van der Waals surface area contributed by atoms with Crippen LogP contribution in [0.15, 0.2) is 48.5 Å². The van der Waals surface area contributed by atoms with Gasteiger partial charge in [-0.05, 0) is 30.3 Å². The maximum Gasteiger partial charge on any atom is 0.276 e. The quantitative estimate of drug-likeness (QED) is 0.840. The number of nitrogens with zero attached hydrogens (tertiary/aromatic N) is 1. The minimum atomic E-state index is -0.562. The molecule has 2 aromatic carbocycles. The average molecular weight is 330 g/mol. The zero-order valence-electron chi connectivity index (χ0n) is 11.9. The summed E-state index contributed by atoms with van der Waals surface area (Å²) in [4.78, 5) is 23.5. The topological polar surface area (TPSA) is 91.2 Å². The standard InChI is InChI=1S/C16H12ClN3O3/c17-13-6-3-5-11(8-13)16(22)20-19-15(21)10-23-14-7-2-1-4-12(14)9-18/h1-8H,10H2,(H,19,21)(H,20,22). The van der Waals surface area contributed by atoms with Crippen LogP contribution in [0.3, 0.4) is 0 Å². The molecule has 0 heterocycles. The highest BCUT2D eigenvalue weighted by molar-refractivity contribution is 6.30. The van der Waals surface area contributed by atoms with E-state index in [-0.39, 0.29) is 6.61 Å². The van der Waals surface area contributed by atoms with Crippen molar-refractivity contribution in [1.29, 1.82) is 5.26 Å². The molecule has 7 heteroatoms. The molecule has 2 amide bonds. The van der Waals surface area contributed by atoms with Crippen LogP contribution in [0.4, 0.5) is 0 Å². The second-order valence-electron chi connectivity index (χ2n) is 4.41. The Morgan fingerprint density at radius 3 is 2.65 bits per heavy atom. The first-order valence-corrected chi connectivity index (χ1v) is 6.94. The second-order valence-corrected chi connectivity index (χ2v) is 4.85. The molecule has 116 valence electrons. The lowest BCUT2D eigenvalue weighted by molar-refractivity contribution is -0.123. The fourth-order valence-electron chi connectivity index (χ4n) is 1.69. The van der Waals surface area contributed by atoms with Gasteiger partial charge in [-0.1, -0.05) is 29.8 Å². The largest absolute Gasteiger partial charge is 0.482 e. The molecule has 0 aliphatic rings. The number of halogens is 1. The zero-order chi connectivity index (χ0) is 16.7. The van der Waals surface area contributed by atoms with Crippen LogP contribution in [0.2, 0.25) is 5.02 Å². The van der Waals surface area contributed by atoms with Crippen molar-refractivity contribution in [2.75, 3.05) is 6.61 Å². The molecular formula is C16H12ClN3O3. The lowest BCUT2D eigenvalue weighted by Crippen LogP contribution is -2.43. The highest BCUT2D eigenvalue weighted by atomic mass is 35.5. The first-order valence-electron chi connectivity index (χ1n) is 6.57. The normalized spacial score (nSPS) is 9.57. The summed E-state index contributed by atoms with van der Waals surface area (Å²) < 4.78 is 5.24. The minimum Gasteiger partial charge on any atom is -0.482 e. The fraction of sp³-hybridized carbons (Fsp3) is 0.0625. The van der Waals surface area contributed by atoms with E-state index in [2.05, 4.69) is 10.9 Å². The van der Waals surface area contributed by atoms with Gasteiger partial charge in [0, 0.05) is 10.6 Å². The van der Waals surface area contributed by atoms with Crippen LogP contribution in [0.1, 0.15) is 15.9 Å². The number of nitriles is 1. The Bertz CT molecular complexity index is 771. The summed E-state index contributed by atoms with van der Waals surface area (Å²) in [6.45, 7) is -0.339. The van der Waals surface area contributed by atoms with Crippen LogP contribution in [0, 0.1) is 11.3 Å². The Morgan fingerprint density at radius 1 is 1.13 bits per heavy atom. The highest BCUT2D eigenvalue weighted by Crippen LogP contribution is 2.16. The second kappa shape index (κ2) is 7.82. The molecule has 2 aromatic rings. The lowest BCUT2D eigenvalue weighted by Gasteiger charge is -2.09. The van der Waals surface area contributed by atoms with E-state index in [1.54, 1.807) is 42.5 Å². The molecule has 0 aromatic heterocycles. The Balaban J connectivity index is 1.84. The molecule has 0 aliphatic heterocycles. The first kappa shape index (κ1) is 16.3. The molecule has 2 N–H and O–H groups in total. The van der Waals surface area contributed by atoms with E-state index in [0.717, 1.165) is 0 Å². The molecule has 0 fully saturated rings. The van der Waals surface area contributed by atoms with Crippen LogP contribution >= 0.6 is 11.6 Å². The molecule has 0 saturated carbocycles. The molecule has 0 bridgehead atoms. The third-order valence-electron chi connectivity index (χ3n) is 2.77. The van der Waals surface area contributed by atoms with Gasteiger partial charge in [0.25, 0.3) is 11.8 Å². The molecule has 0 aliphatic carbocycles. The number of carbonyl (C=O) groups excluding carboxylic acids is 2. The Morgan fingerprint density at radius 2 is 1.91 bits per heavy atom. The van der Waals surface area contributed by atoms with Gasteiger partial charge in [0.2, 0.25) is 0 Å². The van der Waals surface area contributed by atoms with Crippen LogP contribution in [0.5, 0.6) is 5.75 Å². The molecule has 0 atom stereocenters. The van der Waals surface area contributed by atoms with Crippen molar-refractivity contribution in [2.45, 2.75) is 0 Å². The Labute approximate surface area is 137 Å². The molecule has 0 spiro atoms. The molecule has 0 radical (unpaired) electrons. The van der Waals surface area contributed by atoms with Crippen molar-refractivity contribution in [3.63, 3.8) is 0 Å². The van der Waals surface area contributed by atoms with Crippen LogP contribution in [-0.4, -0.2) is 18.4 Å². The number of nitrogens with one attached hydrogen (secondary N) is 2. The summed E-state index contributed by atoms with van der Waals surface area (Å²) in [5.74, 6) is -0.766. The number of hydrazine groups is 1. The Kier molecular flexibility index (Phi) is 5.56. The van der Waals surface area contributed by atoms with Gasteiger partial charge in [0.1, 0.15) is 11.8 Å². The fourth-order valence-corrected chi connectivity index (χ4v) is 1.88. The van der Waals surface area contributed by atoms with Gasteiger partial charge in [0.15, 0.2) is 6.61 Å². The van der Waals surface area contributed by atoms with Crippen molar-refractivity contribution < 1.29 is 14.3 Å². The monoisotopic (exact) mass is 329 g/mol. The minimum absolute atomic E-state index is 0.298. The zero-order valence-corrected chi connectivity index (χ0v) is 12.6. The number of hydrogen-bond donors (Lipinski definition) is 2. The van der Waals surface area contributed by atoms with E-state index in [9.17, 15) is 9.59 Å². The van der Waals surface area contributed by atoms with Crippen LogP contribution < -0.4 is 15.6 Å². The van der Waals surface area contributed by atoms with Gasteiger partial charge in [0.05, 0.1) is 5.56 Å². The lowest BCUT2D eigenvalue weighted by atomic mass is 10.2. The van der Waals surface area contributed by atoms with Crippen molar-refractivity contribution in [3.05, 3.63) is 64.7 Å². The highest BCUT2D eigenvalue weighted by Gasteiger charge is 2.09. The van der Waals surface area contributed by atoms with E-state index < -0.39 is 11.8 Å². The maximum absolute atomic E-state index is 11.8. The average Bonchev–Trinajstić information content (AvgIpc) is 2.58. The molecular weight excluding hydrogens is 318 g/mol. The first-order chi connectivity index (χ1) is 11.1.